The Labute approximate surface area is 150 Å². The predicted octanol–water partition coefficient (Wildman–Crippen LogP) is 2.74. The average molecular weight is 353 g/mol. The van der Waals surface area contributed by atoms with Crippen molar-refractivity contribution >= 4 is 18.0 Å². The number of nitrogens with zero attached hydrogens (tertiary/aromatic N) is 2. The van der Waals surface area contributed by atoms with Crippen LogP contribution in [0.3, 0.4) is 0 Å². The summed E-state index contributed by atoms with van der Waals surface area (Å²) in [6, 6.07) is 7.38. The lowest BCUT2D eigenvalue weighted by atomic mass is 10.2. The fraction of sp³-hybridized carbons (Fsp3) is 0.263. The number of ether oxygens (including phenoxy) is 2. The number of aromatic nitrogens is 1. The van der Waals surface area contributed by atoms with Gasteiger partial charge in [-0.15, -0.1) is 0 Å². The first-order valence-electron chi connectivity index (χ1n) is 8.43. The first-order chi connectivity index (χ1) is 12.5. The molecule has 2 aliphatic rings. The lowest BCUT2D eigenvalue weighted by Crippen LogP contribution is -2.30. The van der Waals surface area contributed by atoms with Crippen molar-refractivity contribution < 1.29 is 19.1 Å². The van der Waals surface area contributed by atoms with Crippen LogP contribution in [0.4, 0.5) is 4.79 Å². The highest BCUT2D eigenvalue weighted by molar-refractivity contribution is 6.14. The zero-order chi connectivity index (χ0) is 18.4. The van der Waals surface area contributed by atoms with Gasteiger partial charge in [0.1, 0.15) is 5.70 Å². The second kappa shape index (κ2) is 5.94. The molecule has 2 aromatic rings. The third-order valence-electron chi connectivity index (χ3n) is 4.66. The van der Waals surface area contributed by atoms with E-state index < -0.39 is 0 Å². The maximum absolute atomic E-state index is 12.3. The smallest absolute Gasteiger partial charge is 0.328 e. The summed E-state index contributed by atoms with van der Waals surface area (Å²) in [5.41, 5.74) is 4.10. The number of likely N-dealkylation sites (N-methyl/N-ethyl adjacent to an activating group) is 1. The molecule has 1 saturated heterocycles. The molecule has 0 saturated carbocycles. The SMILES string of the molecule is CCN1C(=O)N/C(=C/c2cc(C)n(-c3ccc4c(c3)OCO4)c2C)C1=O. The number of imide groups is 1. The van der Waals surface area contributed by atoms with Crippen molar-refractivity contribution in [1.82, 2.24) is 14.8 Å². The summed E-state index contributed by atoms with van der Waals surface area (Å²) in [6.45, 7) is 6.31. The number of benzene rings is 1. The number of amides is 3. The van der Waals surface area contributed by atoms with E-state index in [0.29, 0.717) is 18.0 Å². The Kier molecular flexibility index (Phi) is 3.72. The minimum atomic E-state index is -0.381. The lowest BCUT2D eigenvalue weighted by Gasteiger charge is -2.10. The standard InChI is InChI=1S/C19H19N3O4/c1-4-21-18(23)15(20-19(21)24)8-13-7-11(2)22(12(13)3)14-5-6-16-17(9-14)26-10-25-16/h5-9H,4,10H2,1-3H3,(H,20,24)/b15-8+. The second-order valence-corrected chi connectivity index (χ2v) is 6.24. The van der Waals surface area contributed by atoms with E-state index in [9.17, 15) is 9.59 Å². The Bertz CT molecular complexity index is 958. The molecule has 1 fully saturated rings. The molecule has 1 aromatic carbocycles. The van der Waals surface area contributed by atoms with Crippen LogP contribution in [0, 0.1) is 13.8 Å². The monoisotopic (exact) mass is 353 g/mol. The van der Waals surface area contributed by atoms with Gasteiger partial charge in [0, 0.05) is 29.7 Å². The Morgan fingerprint density at radius 2 is 1.92 bits per heavy atom. The molecule has 2 aliphatic heterocycles. The quantitative estimate of drug-likeness (QED) is 0.680. The summed E-state index contributed by atoms with van der Waals surface area (Å²) in [4.78, 5) is 25.3. The fourth-order valence-electron chi connectivity index (χ4n) is 3.37. The number of fused-ring (bicyclic) bond motifs is 1. The number of nitrogens with one attached hydrogen (secondary N) is 1. The van der Waals surface area contributed by atoms with Crippen molar-refractivity contribution in [2.24, 2.45) is 0 Å². The molecule has 134 valence electrons. The number of hydrogen-bond donors (Lipinski definition) is 1. The highest BCUT2D eigenvalue weighted by Crippen LogP contribution is 2.35. The highest BCUT2D eigenvalue weighted by Gasteiger charge is 2.32. The van der Waals surface area contributed by atoms with Crippen molar-refractivity contribution in [3.63, 3.8) is 0 Å². The van der Waals surface area contributed by atoms with E-state index in [2.05, 4.69) is 9.88 Å². The van der Waals surface area contributed by atoms with Crippen molar-refractivity contribution in [1.29, 1.82) is 0 Å². The molecule has 0 radical (unpaired) electrons. The van der Waals surface area contributed by atoms with Crippen LogP contribution in [-0.4, -0.2) is 34.7 Å². The van der Waals surface area contributed by atoms with Crippen molar-refractivity contribution in [2.75, 3.05) is 13.3 Å². The Hall–Kier alpha value is -3.22. The third kappa shape index (κ3) is 2.44. The van der Waals surface area contributed by atoms with Gasteiger partial charge in [-0.1, -0.05) is 0 Å². The summed E-state index contributed by atoms with van der Waals surface area (Å²) in [6.07, 6.45) is 1.72. The molecule has 3 heterocycles. The molecule has 1 aromatic heterocycles. The van der Waals surface area contributed by atoms with Crippen LogP contribution in [0.5, 0.6) is 11.5 Å². The van der Waals surface area contributed by atoms with Crippen molar-refractivity contribution in [3.05, 3.63) is 46.9 Å². The van der Waals surface area contributed by atoms with Crippen LogP contribution in [0.15, 0.2) is 30.0 Å². The summed E-state index contributed by atoms with van der Waals surface area (Å²) in [5, 5.41) is 2.64. The van der Waals surface area contributed by atoms with E-state index >= 15 is 0 Å². The molecule has 4 rings (SSSR count). The zero-order valence-electron chi connectivity index (χ0n) is 14.8. The van der Waals surface area contributed by atoms with Crippen LogP contribution < -0.4 is 14.8 Å². The van der Waals surface area contributed by atoms with Gasteiger partial charge in [0.15, 0.2) is 11.5 Å². The van der Waals surface area contributed by atoms with E-state index in [4.69, 9.17) is 9.47 Å². The summed E-state index contributed by atoms with van der Waals surface area (Å²) in [5.74, 6) is 1.15. The Morgan fingerprint density at radius 3 is 2.65 bits per heavy atom. The number of hydrogen-bond acceptors (Lipinski definition) is 4. The van der Waals surface area contributed by atoms with Crippen LogP contribution >= 0.6 is 0 Å². The van der Waals surface area contributed by atoms with Crippen LogP contribution in [0.25, 0.3) is 11.8 Å². The van der Waals surface area contributed by atoms with Gasteiger partial charge in [0.2, 0.25) is 6.79 Å². The van der Waals surface area contributed by atoms with E-state index in [1.165, 1.54) is 4.90 Å². The Morgan fingerprint density at radius 1 is 1.15 bits per heavy atom. The molecule has 1 N–H and O–H groups in total. The minimum absolute atomic E-state index is 0.232. The molecular weight excluding hydrogens is 334 g/mol. The van der Waals surface area contributed by atoms with Gasteiger partial charge >= 0.3 is 6.03 Å². The van der Waals surface area contributed by atoms with Gasteiger partial charge in [-0.05, 0) is 50.6 Å². The van der Waals surface area contributed by atoms with Gasteiger partial charge < -0.3 is 19.4 Å². The lowest BCUT2D eigenvalue weighted by molar-refractivity contribution is -0.122. The van der Waals surface area contributed by atoms with Crippen molar-refractivity contribution in [2.45, 2.75) is 20.8 Å². The molecule has 26 heavy (non-hydrogen) atoms. The number of carbonyl (C=O) groups excluding carboxylic acids is 2. The fourth-order valence-corrected chi connectivity index (χ4v) is 3.37. The van der Waals surface area contributed by atoms with Gasteiger partial charge in [0.25, 0.3) is 5.91 Å². The largest absolute Gasteiger partial charge is 0.454 e. The predicted molar refractivity (Wildman–Crippen MR) is 95.3 cm³/mol. The first-order valence-corrected chi connectivity index (χ1v) is 8.43. The molecular formula is C19H19N3O4. The van der Waals surface area contributed by atoms with Gasteiger partial charge in [-0.25, -0.2) is 4.79 Å². The first kappa shape index (κ1) is 16.3. The normalized spacial score (nSPS) is 17.3. The molecule has 0 spiro atoms. The minimum Gasteiger partial charge on any atom is -0.454 e. The van der Waals surface area contributed by atoms with Gasteiger partial charge in [-0.2, -0.15) is 0 Å². The van der Waals surface area contributed by atoms with E-state index in [1.807, 2.05) is 38.1 Å². The van der Waals surface area contributed by atoms with Gasteiger partial charge in [-0.3, -0.25) is 9.69 Å². The number of aryl methyl sites for hydroxylation is 1. The van der Waals surface area contributed by atoms with Crippen LogP contribution in [0.1, 0.15) is 23.9 Å². The summed E-state index contributed by atoms with van der Waals surface area (Å²) < 4.78 is 12.9. The maximum atomic E-state index is 12.3. The van der Waals surface area contributed by atoms with Crippen molar-refractivity contribution in [3.8, 4) is 17.2 Å². The molecule has 7 nitrogen and oxygen atoms in total. The van der Waals surface area contributed by atoms with E-state index in [1.54, 1.807) is 13.0 Å². The molecule has 0 unspecified atom stereocenters. The highest BCUT2D eigenvalue weighted by atomic mass is 16.7. The Balaban J connectivity index is 1.73. The topological polar surface area (TPSA) is 72.8 Å². The number of carbonyl (C=O) groups is 2. The van der Waals surface area contributed by atoms with E-state index in [-0.39, 0.29) is 18.7 Å². The second-order valence-electron chi connectivity index (χ2n) is 6.24. The third-order valence-corrected chi connectivity index (χ3v) is 4.66. The molecule has 3 amide bonds. The number of urea groups is 1. The maximum Gasteiger partial charge on any atom is 0.328 e. The zero-order valence-corrected chi connectivity index (χ0v) is 14.8. The van der Waals surface area contributed by atoms with Crippen LogP contribution in [0.2, 0.25) is 0 Å². The molecule has 0 atom stereocenters. The number of rotatable bonds is 3. The summed E-state index contributed by atoms with van der Waals surface area (Å²) in [7, 11) is 0. The molecule has 0 bridgehead atoms. The summed E-state index contributed by atoms with van der Waals surface area (Å²) >= 11 is 0. The molecule has 0 aliphatic carbocycles. The van der Waals surface area contributed by atoms with Crippen LogP contribution in [-0.2, 0) is 4.79 Å². The van der Waals surface area contributed by atoms with E-state index in [0.717, 1.165) is 28.4 Å². The van der Waals surface area contributed by atoms with Gasteiger partial charge in [0.05, 0.1) is 0 Å². The molecule has 7 heteroatoms. The average Bonchev–Trinajstić information content (AvgIpc) is 3.25.